The second-order valence-corrected chi connectivity index (χ2v) is 4.88. The van der Waals surface area contributed by atoms with Gasteiger partial charge in [0, 0.05) is 11.7 Å². The number of alkyl halides is 3. The van der Waals surface area contributed by atoms with Gasteiger partial charge in [-0.2, -0.15) is 0 Å². The molecule has 0 amide bonds. The van der Waals surface area contributed by atoms with Gasteiger partial charge in [-0.1, -0.05) is 13.3 Å². The van der Waals surface area contributed by atoms with E-state index in [0.717, 1.165) is 18.5 Å². The fraction of sp³-hybridized carbons (Fsp3) is 0.500. The first-order valence-electron chi connectivity index (χ1n) is 5.63. The van der Waals surface area contributed by atoms with Gasteiger partial charge in [0.25, 0.3) is 0 Å². The monoisotopic (exact) mass is 325 g/mol. The van der Waals surface area contributed by atoms with Crippen LogP contribution < -0.4 is 10.1 Å². The van der Waals surface area contributed by atoms with Crippen LogP contribution in [0.3, 0.4) is 0 Å². The molecule has 2 nitrogen and oxygen atoms in total. The molecule has 1 atom stereocenters. The van der Waals surface area contributed by atoms with Crippen molar-refractivity contribution in [2.45, 2.75) is 39.1 Å². The van der Waals surface area contributed by atoms with Gasteiger partial charge in [0.1, 0.15) is 5.75 Å². The van der Waals surface area contributed by atoms with Gasteiger partial charge < -0.3 is 10.1 Å². The molecule has 0 aromatic heterocycles. The third-order valence-corrected chi connectivity index (χ3v) is 2.91. The Balaban J connectivity index is 2.73. The lowest BCUT2D eigenvalue weighted by molar-refractivity contribution is -0.274. The first-order chi connectivity index (χ1) is 8.31. The quantitative estimate of drug-likeness (QED) is 0.827. The van der Waals surface area contributed by atoms with Crippen LogP contribution in [0.4, 0.5) is 18.9 Å². The van der Waals surface area contributed by atoms with Crippen molar-refractivity contribution in [1.29, 1.82) is 0 Å². The van der Waals surface area contributed by atoms with E-state index in [4.69, 9.17) is 0 Å². The molecule has 1 unspecified atom stereocenters. The maximum atomic E-state index is 12.1. The highest BCUT2D eigenvalue weighted by molar-refractivity contribution is 9.10. The Kier molecular flexibility index (Phi) is 5.31. The minimum Gasteiger partial charge on any atom is -0.405 e. The van der Waals surface area contributed by atoms with Crippen LogP contribution >= 0.6 is 15.9 Å². The fourth-order valence-electron chi connectivity index (χ4n) is 1.59. The summed E-state index contributed by atoms with van der Waals surface area (Å²) in [7, 11) is 0. The molecule has 0 heterocycles. The lowest BCUT2D eigenvalue weighted by Gasteiger charge is -2.16. The van der Waals surface area contributed by atoms with Crippen molar-refractivity contribution in [2.75, 3.05) is 5.32 Å². The van der Waals surface area contributed by atoms with Gasteiger partial charge in [-0.15, -0.1) is 13.2 Å². The van der Waals surface area contributed by atoms with Crippen LogP contribution in [0, 0.1) is 0 Å². The summed E-state index contributed by atoms with van der Waals surface area (Å²) in [5, 5.41) is 3.21. The average Bonchev–Trinajstić information content (AvgIpc) is 2.21. The maximum Gasteiger partial charge on any atom is 0.573 e. The zero-order chi connectivity index (χ0) is 13.8. The molecule has 0 aliphatic rings. The van der Waals surface area contributed by atoms with E-state index in [2.05, 4.69) is 32.9 Å². The molecule has 102 valence electrons. The van der Waals surface area contributed by atoms with Gasteiger partial charge in [-0.05, 0) is 47.5 Å². The molecule has 1 aromatic rings. The van der Waals surface area contributed by atoms with Crippen LogP contribution in [0.1, 0.15) is 26.7 Å². The molecule has 18 heavy (non-hydrogen) atoms. The van der Waals surface area contributed by atoms with Crippen LogP contribution in [-0.2, 0) is 0 Å². The smallest absolute Gasteiger partial charge is 0.405 e. The van der Waals surface area contributed by atoms with Crippen LogP contribution in [0.25, 0.3) is 0 Å². The summed E-state index contributed by atoms with van der Waals surface area (Å²) >= 11 is 3.06. The largest absolute Gasteiger partial charge is 0.573 e. The normalized spacial score (nSPS) is 13.2. The lowest BCUT2D eigenvalue weighted by atomic mass is 10.2. The molecule has 0 saturated heterocycles. The number of ether oxygens (including phenoxy) is 1. The molecule has 0 aliphatic carbocycles. The van der Waals surface area contributed by atoms with Crippen molar-refractivity contribution in [3.05, 3.63) is 22.7 Å². The highest BCUT2D eigenvalue weighted by Gasteiger charge is 2.31. The van der Waals surface area contributed by atoms with Crippen molar-refractivity contribution in [1.82, 2.24) is 0 Å². The second kappa shape index (κ2) is 6.31. The Bertz CT molecular complexity index is 395. The first-order valence-corrected chi connectivity index (χ1v) is 6.43. The number of hydrogen-bond acceptors (Lipinski definition) is 2. The standard InChI is InChI=1S/C12H15BrF3NO/c1-3-4-8(2)17-9-5-6-11(10(13)7-9)18-12(14,15)16/h5-8,17H,3-4H2,1-2H3. The zero-order valence-corrected chi connectivity index (χ0v) is 11.7. The topological polar surface area (TPSA) is 21.3 Å². The number of rotatable bonds is 5. The minimum atomic E-state index is -4.67. The minimum absolute atomic E-state index is 0.240. The highest BCUT2D eigenvalue weighted by Crippen LogP contribution is 2.32. The third-order valence-electron chi connectivity index (χ3n) is 2.29. The summed E-state index contributed by atoms with van der Waals surface area (Å²) in [4.78, 5) is 0. The molecular formula is C12H15BrF3NO. The molecule has 0 bridgehead atoms. The number of nitrogens with one attached hydrogen (secondary N) is 1. The Hall–Kier alpha value is -0.910. The Labute approximate surface area is 113 Å². The second-order valence-electron chi connectivity index (χ2n) is 4.03. The summed E-state index contributed by atoms with van der Waals surface area (Å²) in [6, 6.07) is 4.71. The van der Waals surface area contributed by atoms with E-state index >= 15 is 0 Å². The van der Waals surface area contributed by atoms with Crippen molar-refractivity contribution in [3.63, 3.8) is 0 Å². The van der Waals surface area contributed by atoms with Gasteiger partial charge in [0.05, 0.1) is 4.47 Å². The van der Waals surface area contributed by atoms with Gasteiger partial charge in [-0.3, -0.25) is 0 Å². The molecule has 6 heteroatoms. The Morgan fingerprint density at radius 3 is 2.56 bits per heavy atom. The van der Waals surface area contributed by atoms with E-state index < -0.39 is 6.36 Å². The molecule has 0 saturated carbocycles. The molecule has 0 radical (unpaired) electrons. The van der Waals surface area contributed by atoms with Crippen molar-refractivity contribution < 1.29 is 17.9 Å². The molecule has 0 fully saturated rings. The molecule has 0 spiro atoms. The molecule has 0 aliphatic heterocycles. The van der Waals surface area contributed by atoms with E-state index in [1.165, 1.54) is 6.07 Å². The molecule has 1 rings (SSSR count). The summed E-state index contributed by atoms with van der Waals surface area (Å²) in [6.45, 7) is 4.10. The van der Waals surface area contributed by atoms with Gasteiger partial charge in [0.2, 0.25) is 0 Å². The predicted molar refractivity (Wildman–Crippen MR) is 68.8 cm³/mol. The van der Waals surface area contributed by atoms with Crippen LogP contribution in [0.15, 0.2) is 22.7 Å². The Morgan fingerprint density at radius 1 is 1.39 bits per heavy atom. The molecule has 1 aromatic carbocycles. The molecule has 1 N–H and O–H groups in total. The van der Waals surface area contributed by atoms with E-state index in [1.54, 1.807) is 12.1 Å². The lowest BCUT2D eigenvalue weighted by Crippen LogP contribution is -2.18. The van der Waals surface area contributed by atoms with Crippen LogP contribution in [-0.4, -0.2) is 12.4 Å². The van der Waals surface area contributed by atoms with E-state index in [0.29, 0.717) is 0 Å². The highest BCUT2D eigenvalue weighted by atomic mass is 79.9. The summed E-state index contributed by atoms with van der Waals surface area (Å²) in [5.74, 6) is -0.240. The third kappa shape index (κ3) is 5.16. The predicted octanol–water partition coefficient (Wildman–Crippen LogP) is 4.95. The Morgan fingerprint density at radius 2 is 2.06 bits per heavy atom. The fourth-order valence-corrected chi connectivity index (χ4v) is 2.05. The van der Waals surface area contributed by atoms with Crippen LogP contribution in [0.5, 0.6) is 5.75 Å². The number of halogens is 4. The molecular weight excluding hydrogens is 311 g/mol. The van der Waals surface area contributed by atoms with Crippen molar-refractivity contribution in [2.24, 2.45) is 0 Å². The number of benzene rings is 1. The van der Waals surface area contributed by atoms with E-state index in [1.807, 2.05) is 6.92 Å². The summed E-state index contributed by atoms with van der Waals surface area (Å²) in [6.07, 6.45) is -2.63. The van der Waals surface area contributed by atoms with Gasteiger partial charge >= 0.3 is 6.36 Å². The summed E-state index contributed by atoms with van der Waals surface area (Å²) < 4.78 is 40.4. The van der Waals surface area contributed by atoms with Gasteiger partial charge in [0.15, 0.2) is 0 Å². The zero-order valence-electron chi connectivity index (χ0n) is 10.1. The van der Waals surface area contributed by atoms with E-state index in [9.17, 15) is 13.2 Å². The SMILES string of the molecule is CCCC(C)Nc1ccc(OC(F)(F)F)c(Br)c1. The first kappa shape index (κ1) is 15.1. The maximum absolute atomic E-state index is 12.1. The number of hydrogen-bond donors (Lipinski definition) is 1. The van der Waals surface area contributed by atoms with Crippen LogP contribution in [0.2, 0.25) is 0 Å². The summed E-state index contributed by atoms with van der Waals surface area (Å²) in [5.41, 5.74) is 0.761. The van der Waals surface area contributed by atoms with E-state index in [-0.39, 0.29) is 16.3 Å². The van der Waals surface area contributed by atoms with Crippen molar-refractivity contribution >= 4 is 21.6 Å². The average molecular weight is 326 g/mol. The number of anilines is 1. The van der Waals surface area contributed by atoms with Gasteiger partial charge in [-0.25, -0.2) is 0 Å². The van der Waals surface area contributed by atoms with Crippen molar-refractivity contribution in [3.8, 4) is 5.75 Å².